The third kappa shape index (κ3) is 2.77. The van der Waals surface area contributed by atoms with Gasteiger partial charge in [-0.3, -0.25) is 0 Å². The van der Waals surface area contributed by atoms with Crippen LogP contribution in [0.4, 0.5) is 0 Å². The average molecular weight is 193 g/mol. The molecule has 0 amide bonds. The Morgan fingerprint density at radius 3 is 2.71 bits per heavy atom. The fourth-order valence-electron chi connectivity index (χ4n) is 1.48. The van der Waals surface area contributed by atoms with E-state index >= 15 is 0 Å². The van der Waals surface area contributed by atoms with E-state index in [9.17, 15) is 0 Å². The SMILES string of the molecule is CCCNC(C)c1cc(C)nnc1C. The number of aryl methyl sites for hydroxylation is 2. The maximum atomic E-state index is 4.12. The van der Waals surface area contributed by atoms with Crippen LogP contribution in [0.5, 0.6) is 0 Å². The summed E-state index contributed by atoms with van der Waals surface area (Å²) in [6.45, 7) is 9.36. The zero-order valence-corrected chi connectivity index (χ0v) is 9.46. The van der Waals surface area contributed by atoms with Crippen LogP contribution < -0.4 is 5.32 Å². The summed E-state index contributed by atoms with van der Waals surface area (Å²) in [7, 11) is 0. The Morgan fingerprint density at radius 2 is 2.07 bits per heavy atom. The van der Waals surface area contributed by atoms with Gasteiger partial charge in [-0.2, -0.15) is 10.2 Å². The summed E-state index contributed by atoms with van der Waals surface area (Å²) in [6.07, 6.45) is 1.15. The highest BCUT2D eigenvalue weighted by Gasteiger charge is 2.08. The minimum Gasteiger partial charge on any atom is -0.310 e. The molecule has 0 bridgehead atoms. The molecule has 0 saturated carbocycles. The van der Waals surface area contributed by atoms with Gasteiger partial charge in [0.1, 0.15) is 0 Å². The lowest BCUT2D eigenvalue weighted by atomic mass is 10.1. The third-order valence-corrected chi connectivity index (χ3v) is 2.31. The quantitative estimate of drug-likeness (QED) is 0.796. The molecule has 1 aromatic heterocycles. The molecule has 0 radical (unpaired) electrons. The number of hydrogen-bond donors (Lipinski definition) is 1. The number of hydrogen-bond acceptors (Lipinski definition) is 3. The van der Waals surface area contributed by atoms with Crippen LogP contribution >= 0.6 is 0 Å². The van der Waals surface area contributed by atoms with Crippen LogP contribution in [0.15, 0.2) is 6.07 Å². The Kier molecular flexibility index (Phi) is 4.01. The monoisotopic (exact) mass is 193 g/mol. The maximum absolute atomic E-state index is 4.12. The van der Waals surface area contributed by atoms with E-state index in [4.69, 9.17) is 0 Å². The van der Waals surface area contributed by atoms with Crippen molar-refractivity contribution in [2.24, 2.45) is 0 Å². The molecule has 1 unspecified atom stereocenters. The topological polar surface area (TPSA) is 37.8 Å². The first-order valence-corrected chi connectivity index (χ1v) is 5.19. The number of nitrogens with one attached hydrogen (secondary N) is 1. The summed E-state index contributed by atoms with van der Waals surface area (Å²) >= 11 is 0. The summed E-state index contributed by atoms with van der Waals surface area (Å²) in [5.41, 5.74) is 3.26. The van der Waals surface area contributed by atoms with Crippen molar-refractivity contribution < 1.29 is 0 Å². The molecule has 3 nitrogen and oxygen atoms in total. The molecule has 0 aliphatic carbocycles. The van der Waals surface area contributed by atoms with Crippen molar-refractivity contribution in [1.29, 1.82) is 0 Å². The lowest BCUT2D eigenvalue weighted by Crippen LogP contribution is -2.20. The highest BCUT2D eigenvalue weighted by atomic mass is 15.1. The zero-order valence-electron chi connectivity index (χ0n) is 9.46. The molecule has 0 aliphatic rings. The number of nitrogens with zero attached hydrogens (tertiary/aromatic N) is 2. The van der Waals surface area contributed by atoms with Gasteiger partial charge in [0, 0.05) is 6.04 Å². The second-order valence-electron chi connectivity index (χ2n) is 3.70. The molecule has 0 aliphatic heterocycles. The van der Waals surface area contributed by atoms with Crippen molar-refractivity contribution in [2.45, 2.75) is 40.2 Å². The van der Waals surface area contributed by atoms with Gasteiger partial charge in [-0.25, -0.2) is 0 Å². The van der Waals surface area contributed by atoms with E-state index in [1.807, 2.05) is 13.8 Å². The number of rotatable bonds is 4. The van der Waals surface area contributed by atoms with E-state index < -0.39 is 0 Å². The van der Waals surface area contributed by atoms with Crippen molar-refractivity contribution in [1.82, 2.24) is 15.5 Å². The molecule has 3 heteroatoms. The van der Waals surface area contributed by atoms with E-state index in [0.29, 0.717) is 6.04 Å². The molecule has 78 valence electrons. The van der Waals surface area contributed by atoms with Crippen LogP contribution in [0, 0.1) is 13.8 Å². The van der Waals surface area contributed by atoms with Crippen LogP contribution in [-0.4, -0.2) is 16.7 Å². The minimum atomic E-state index is 0.365. The zero-order chi connectivity index (χ0) is 10.6. The lowest BCUT2D eigenvalue weighted by Gasteiger charge is -2.15. The summed E-state index contributed by atoms with van der Waals surface area (Å²) in [4.78, 5) is 0. The van der Waals surface area contributed by atoms with E-state index in [1.54, 1.807) is 0 Å². The molecule has 1 atom stereocenters. The third-order valence-electron chi connectivity index (χ3n) is 2.31. The summed E-state index contributed by atoms with van der Waals surface area (Å²) in [5.74, 6) is 0. The fraction of sp³-hybridized carbons (Fsp3) is 0.636. The molecule has 0 saturated heterocycles. The van der Waals surface area contributed by atoms with E-state index in [1.165, 1.54) is 5.56 Å². The fourth-order valence-corrected chi connectivity index (χ4v) is 1.48. The van der Waals surface area contributed by atoms with Gasteiger partial charge >= 0.3 is 0 Å². The minimum absolute atomic E-state index is 0.365. The molecule has 0 aromatic carbocycles. The Labute approximate surface area is 85.9 Å². The smallest absolute Gasteiger partial charge is 0.0648 e. The molecule has 14 heavy (non-hydrogen) atoms. The molecule has 1 heterocycles. The van der Waals surface area contributed by atoms with Gasteiger partial charge in [0.25, 0.3) is 0 Å². The molecule has 0 spiro atoms. The van der Waals surface area contributed by atoms with Crippen molar-refractivity contribution in [3.05, 3.63) is 23.0 Å². The van der Waals surface area contributed by atoms with Gasteiger partial charge in [0.2, 0.25) is 0 Å². The summed E-state index contributed by atoms with van der Waals surface area (Å²) < 4.78 is 0. The van der Waals surface area contributed by atoms with Gasteiger partial charge < -0.3 is 5.32 Å². The van der Waals surface area contributed by atoms with Crippen molar-refractivity contribution in [3.8, 4) is 0 Å². The first-order valence-electron chi connectivity index (χ1n) is 5.19. The number of aromatic nitrogens is 2. The first kappa shape index (κ1) is 11.1. The summed E-state index contributed by atoms with van der Waals surface area (Å²) in [6, 6.07) is 2.47. The van der Waals surface area contributed by atoms with Crippen LogP contribution in [-0.2, 0) is 0 Å². The van der Waals surface area contributed by atoms with Crippen molar-refractivity contribution >= 4 is 0 Å². The van der Waals surface area contributed by atoms with Gasteiger partial charge in [0.05, 0.1) is 11.4 Å². The standard InChI is InChI=1S/C11H19N3/c1-5-6-12-9(3)11-7-8(2)13-14-10(11)4/h7,9,12H,5-6H2,1-4H3. The molecular weight excluding hydrogens is 174 g/mol. The van der Waals surface area contributed by atoms with Gasteiger partial charge in [-0.15, -0.1) is 0 Å². The van der Waals surface area contributed by atoms with Crippen molar-refractivity contribution in [3.63, 3.8) is 0 Å². The normalized spacial score (nSPS) is 12.9. The highest BCUT2D eigenvalue weighted by molar-refractivity contribution is 5.22. The molecule has 1 aromatic rings. The van der Waals surface area contributed by atoms with Crippen LogP contribution in [0.1, 0.15) is 43.3 Å². The van der Waals surface area contributed by atoms with E-state index in [0.717, 1.165) is 24.4 Å². The van der Waals surface area contributed by atoms with Gasteiger partial charge in [0.15, 0.2) is 0 Å². The van der Waals surface area contributed by atoms with Gasteiger partial charge in [-0.05, 0) is 45.4 Å². The Bertz CT molecular complexity index is 297. The Morgan fingerprint density at radius 1 is 1.36 bits per heavy atom. The molecule has 0 fully saturated rings. The first-order chi connectivity index (χ1) is 6.65. The Balaban J connectivity index is 2.77. The second-order valence-corrected chi connectivity index (χ2v) is 3.70. The highest BCUT2D eigenvalue weighted by Crippen LogP contribution is 2.15. The second kappa shape index (κ2) is 5.05. The average Bonchev–Trinajstić information content (AvgIpc) is 2.18. The lowest BCUT2D eigenvalue weighted by molar-refractivity contribution is 0.563. The molecule has 1 rings (SSSR count). The van der Waals surface area contributed by atoms with Crippen LogP contribution in [0.25, 0.3) is 0 Å². The van der Waals surface area contributed by atoms with Crippen molar-refractivity contribution in [2.75, 3.05) is 6.54 Å². The predicted octanol–water partition coefficient (Wildman–Crippen LogP) is 2.15. The largest absolute Gasteiger partial charge is 0.310 e. The predicted molar refractivity (Wildman–Crippen MR) is 58.2 cm³/mol. The molecular formula is C11H19N3. The molecule has 1 N–H and O–H groups in total. The van der Waals surface area contributed by atoms with E-state index in [-0.39, 0.29) is 0 Å². The van der Waals surface area contributed by atoms with Gasteiger partial charge in [-0.1, -0.05) is 6.92 Å². The summed E-state index contributed by atoms with van der Waals surface area (Å²) in [5, 5.41) is 11.6. The van der Waals surface area contributed by atoms with Crippen LogP contribution in [0.2, 0.25) is 0 Å². The van der Waals surface area contributed by atoms with E-state index in [2.05, 4.69) is 35.4 Å². The Hall–Kier alpha value is -0.960. The van der Waals surface area contributed by atoms with Crippen LogP contribution in [0.3, 0.4) is 0 Å². The maximum Gasteiger partial charge on any atom is 0.0648 e.